The molecule has 32 nitrogen and oxygen atoms in total. The standard InChI is InChI=1S/C34H46N2O9.C33H44N2O9.C21H25NO4.C20H23NO4/c1-31(2,3)44-29(39)21(35-30(40)45-32(4,5)6)10-12-25(38)42-23-11-9-20-17-24-34(41)14-13-22(37)28-33(34,26(20)27(23)43-28)15-16-36(24)18-19-7-8-19;1-30(2,3)43-28(38)20(34-29(39)44-31(4,5)6)16-24(37)41-22-10-9-19-15-23-33(40)12-11-21(36)27-32(33,25(19)26(22)42-27)13-14-35(23)17-18-7-8-18;1-25-15-5-4-13-10-16-21(24)7-6-14(23)19-20(21,17(13)18(15)26-19)8-9-22(16)11-12-2-3-12;22-13-4-3-12-9-15-20(24)6-5-14(23)18-19(20,16(12)17(13)25-18)7-8-21(15)10-11-1-2-11/h9,11,19,21,24,28,41H,7-8,10,12-18H2,1-6H3,(H,35,40);9-10,18,20,23,27,40H,7-8,11-17H2,1-6H3,(H,34,39);4-5,12,16,19,24H,2-3,6-11H2,1H3;3-4,11,15,18,22,24H,1-2,5-10H2/t21-,24+,28?,33-,34+;20-,23+,27?,32-,33+;16-,19?,20+,21-;15-,18?,19+,20-/m0011/s1. The van der Waals surface area contributed by atoms with Gasteiger partial charge in [-0.25, -0.2) is 19.2 Å². The fourth-order valence-electron chi connectivity index (χ4n) is 28.2. The second-order valence-electron chi connectivity index (χ2n) is 48.2. The van der Waals surface area contributed by atoms with Gasteiger partial charge in [0.25, 0.3) is 0 Å². The van der Waals surface area contributed by atoms with Crippen LogP contribution in [0.3, 0.4) is 0 Å². The maximum absolute atomic E-state index is 13.3. The monoisotopic (exact) mass is 1930 g/mol. The van der Waals surface area contributed by atoms with Crippen molar-refractivity contribution in [3.8, 4) is 46.0 Å². The number of carbonyl (C=O) groups excluding carboxylic acids is 10. The first-order valence-electron chi connectivity index (χ1n) is 51.5. The van der Waals surface area contributed by atoms with Crippen LogP contribution < -0.4 is 43.8 Å². The van der Waals surface area contributed by atoms with Crippen molar-refractivity contribution in [3.63, 3.8) is 0 Å². The Hall–Kier alpha value is -9.54. The number of alkyl carbamates (subject to hydrolysis) is 2. The zero-order valence-electron chi connectivity index (χ0n) is 83.0. The summed E-state index contributed by atoms with van der Waals surface area (Å²) in [4.78, 5) is 140. The summed E-state index contributed by atoms with van der Waals surface area (Å²) in [7, 11) is 1.64. The number of hydrogen-bond acceptors (Lipinski definition) is 30. The molecule has 32 heteroatoms. The van der Waals surface area contributed by atoms with Gasteiger partial charge < -0.3 is 88.3 Å². The van der Waals surface area contributed by atoms with Crippen LogP contribution in [0.1, 0.15) is 275 Å². The van der Waals surface area contributed by atoms with E-state index in [-0.39, 0.29) is 90.2 Å². The number of amides is 2. The Labute approximate surface area is 816 Å². The highest BCUT2D eigenvalue weighted by atomic mass is 16.6. The molecule has 0 aromatic heterocycles. The van der Waals surface area contributed by atoms with Crippen molar-refractivity contribution in [2.45, 2.75) is 384 Å². The number of nitrogens with zero attached hydrogens (tertiary/aromatic N) is 4. The van der Waals surface area contributed by atoms with Crippen molar-refractivity contribution >= 4 is 59.2 Å². The molecule has 140 heavy (non-hydrogen) atoms. The van der Waals surface area contributed by atoms with Crippen molar-refractivity contribution in [3.05, 3.63) is 93.0 Å². The summed E-state index contributed by atoms with van der Waals surface area (Å²) in [6.45, 7) is 27.8. The lowest BCUT2D eigenvalue weighted by Crippen LogP contribution is -2.76. The number of methoxy groups -OCH3 is 1. The Bertz CT molecular complexity index is 5780. The maximum atomic E-state index is 13.3. The number of phenolic OH excluding ortho intramolecular Hbond substituents is 1. The number of aliphatic hydroxyl groups is 4. The number of ketones is 4. The molecule has 24 rings (SSSR count). The summed E-state index contributed by atoms with van der Waals surface area (Å²) < 4.78 is 63.7. The quantitative estimate of drug-likeness (QED) is 0.0245. The van der Waals surface area contributed by atoms with Gasteiger partial charge in [-0.15, -0.1) is 0 Å². The first-order valence-corrected chi connectivity index (χ1v) is 51.5. The fourth-order valence-corrected chi connectivity index (χ4v) is 28.2. The average molecular weight is 1940 g/mol. The van der Waals surface area contributed by atoms with Gasteiger partial charge in [0.1, 0.15) is 34.5 Å². The third-order valence-corrected chi connectivity index (χ3v) is 34.6. The number of phenols is 1. The summed E-state index contributed by atoms with van der Waals surface area (Å²) in [6, 6.07) is 12.3. The predicted octanol–water partition coefficient (Wildman–Crippen LogP) is 10.4. The number of esters is 4. The molecule has 8 saturated carbocycles. The minimum atomic E-state index is -1.37. The number of carbonyl (C=O) groups is 10. The molecule has 4 unspecified atom stereocenters. The van der Waals surface area contributed by atoms with E-state index in [4.69, 9.17) is 52.1 Å². The number of likely N-dealkylation sites (tertiary alicyclic amines) is 4. The van der Waals surface area contributed by atoms with Gasteiger partial charge in [-0.3, -0.25) is 48.4 Å². The van der Waals surface area contributed by atoms with E-state index in [9.17, 15) is 73.5 Å². The van der Waals surface area contributed by atoms with Crippen molar-refractivity contribution in [1.82, 2.24) is 30.2 Å². The second kappa shape index (κ2) is 34.1. The number of benzene rings is 4. The molecule has 12 aliphatic carbocycles. The molecule has 8 aliphatic heterocycles. The van der Waals surface area contributed by atoms with Gasteiger partial charge in [-0.05, 0) is 314 Å². The molecule has 4 saturated heterocycles. The van der Waals surface area contributed by atoms with Crippen LogP contribution in [0.2, 0.25) is 0 Å². The van der Waals surface area contributed by atoms with E-state index in [2.05, 4.69) is 36.3 Å². The van der Waals surface area contributed by atoms with E-state index in [1.807, 2.05) is 24.3 Å². The van der Waals surface area contributed by atoms with Crippen molar-refractivity contribution in [1.29, 1.82) is 0 Å². The van der Waals surface area contributed by atoms with Gasteiger partial charge in [-0.1, -0.05) is 24.3 Å². The van der Waals surface area contributed by atoms with Crippen LogP contribution in [0, 0.1) is 23.7 Å². The first kappa shape index (κ1) is 96.6. The summed E-state index contributed by atoms with van der Waals surface area (Å²) in [5.74, 6) is 2.96. The van der Waals surface area contributed by atoms with Crippen LogP contribution >= 0.6 is 0 Å². The molecular formula is C108H138N6O26. The molecule has 20 aliphatic rings. The highest BCUT2D eigenvalue weighted by Gasteiger charge is 2.79. The number of hydrogen-bond donors (Lipinski definition) is 7. The van der Waals surface area contributed by atoms with E-state index < -0.39 is 145 Å². The zero-order chi connectivity index (χ0) is 99.0. The zero-order valence-corrected chi connectivity index (χ0v) is 83.0. The molecule has 2 amide bonds. The van der Waals surface area contributed by atoms with Gasteiger partial charge in [0.15, 0.2) is 93.5 Å². The van der Waals surface area contributed by atoms with Crippen LogP contribution in [0.25, 0.3) is 0 Å². The summed E-state index contributed by atoms with van der Waals surface area (Å²) in [5.41, 5.74) is -2.47. The van der Waals surface area contributed by atoms with Crippen molar-refractivity contribution in [2.75, 3.05) is 59.5 Å². The van der Waals surface area contributed by atoms with E-state index in [1.54, 1.807) is 108 Å². The molecule has 4 aromatic rings. The minimum absolute atomic E-state index is 0.0381. The Morgan fingerprint density at radius 2 is 0.671 bits per heavy atom. The van der Waals surface area contributed by atoms with Crippen LogP contribution in [0.5, 0.6) is 46.0 Å². The number of ether oxygens (including phenoxy) is 11. The summed E-state index contributed by atoms with van der Waals surface area (Å²) in [6.07, 6.45) is 13.3. The summed E-state index contributed by atoms with van der Waals surface area (Å²) >= 11 is 0. The summed E-state index contributed by atoms with van der Waals surface area (Å²) in [5, 5.41) is 64.3. The van der Waals surface area contributed by atoms with E-state index in [0.29, 0.717) is 105 Å². The molecular weight excluding hydrogens is 1800 g/mol. The number of rotatable bonds is 20. The predicted molar refractivity (Wildman–Crippen MR) is 504 cm³/mol. The first-order chi connectivity index (χ1) is 66.1. The maximum Gasteiger partial charge on any atom is 0.408 e. The fraction of sp³-hybridized carbons (Fsp3) is 0.685. The van der Waals surface area contributed by atoms with Crippen LogP contribution in [0.15, 0.2) is 48.5 Å². The van der Waals surface area contributed by atoms with Gasteiger partial charge >= 0.3 is 36.1 Å². The smallest absolute Gasteiger partial charge is 0.408 e. The lowest BCUT2D eigenvalue weighted by molar-refractivity contribution is -0.188. The third kappa shape index (κ3) is 16.0. The largest absolute Gasteiger partial charge is 0.504 e. The number of nitrogens with one attached hydrogen (secondary N) is 2. The third-order valence-electron chi connectivity index (χ3n) is 34.6. The Balaban J connectivity index is 0.000000114. The number of aromatic hydroxyl groups is 1. The molecule has 4 aromatic carbocycles. The molecule has 4 spiro atoms. The molecule has 12 fully saturated rings. The van der Waals surface area contributed by atoms with Crippen molar-refractivity contribution in [2.24, 2.45) is 23.7 Å². The lowest BCUT2D eigenvalue weighted by atomic mass is 9.49. The van der Waals surface area contributed by atoms with Crippen LogP contribution in [-0.2, 0) is 105 Å². The van der Waals surface area contributed by atoms with Gasteiger partial charge in [0.2, 0.25) is 0 Å². The topological polar surface area (TPSA) is 410 Å². The van der Waals surface area contributed by atoms with E-state index >= 15 is 0 Å². The molecule has 0 radical (unpaired) electrons. The number of piperidine rings is 4. The van der Waals surface area contributed by atoms with E-state index in [0.717, 1.165) is 129 Å². The Kier molecular flexibility index (Phi) is 23.5. The number of Topliss-reactive ketones (excluding diaryl/α,β-unsaturated/α-hetero) is 4. The molecule has 18 atom stereocenters. The van der Waals surface area contributed by atoms with E-state index in [1.165, 1.54) is 56.9 Å². The molecule has 8 heterocycles. The van der Waals surface area contributed by atoms with Crippen LogP contribution in [-0.4, -0.2) is 269 Å². The molecule has 7 N–H and O–H groups in total. The lowest BCUT2D eigenvalue weighted by Gasteiger charge is -2.62. The highest BCUT2D eigenvalue weighted by Crippen LogP contribution is 2.71. The van der Waals surface area contributed by atoms with Crippen LogP contribution in [0.4, 0.5) is 9.59 Å². The average Bonchev–Trinajstić information content (AvgIpc) is 1.48. The normalized spacial score (nSPS) is 33.6. The second-order valence-corrected chi connectivity index (χ2v) is 48.2. The SMILES string of the molecule is CC(C)(C)OC(=O)N[C@@H](CC(=O)Oc1ccc2c3c1OC1C(=O)CC[C@@]4(O)[C@@H](C2)N(CC2CC2)CC[C@]314)C(=O)OC(C)(C)C.CC(C)(C)OC(=O)N[C@@H](CCC(=O)Oc1ccc2c3c1OC1C(=O)CC[C@@]4(O)[C@@H](C2)N(CC2CC2)CC[C@]314)C(=O)OC(C)(C)C.COc1ccc2c3c1OC1C(=O)CC[C@@]4(O)[C@@H](C2)N(CC2CC2)CC[C@]314.O=C1CC[C@@]2(O)[C@H]3Cc4ccc(O)c5c4[C@@]2(CCN3CC2CC2)C1O5. The van der Waals surface area contributed by atoms with Gasteiger partial charge in [0, 0.05) is 105 Å². The highest BCUT2D eigenvalue weighted by molar-refractivity contribution is 5.94. The molecule has 756 valence electrons. The minimum Gasteiger partial charge on any atom is -0.504 e. The molecule has 8 bridgehead atoms. The Morgan fingerprint density at radius 3 is 0.993 bits per heavy atom. The van der Waals surface area contributed by atoms with Crippen molar-refractivity contribution < 1.29 is 126 Å². The van der Waals surface area contributed by atoms with Gasteiger partial charge in [0.05, 0.1) is 57.6 Å². The Morgan fingerprint density at radius 1 is 0.386 bits per heavy atom. The van der Waals surface area contributed by atoms with Gasteiger partial charge in [-0.2, -0.15) is 0 Å².